The number of rotatable bonds is 5. The normalized spacial score (nSPS) is 15.9. The van der Waals surface area contributed by atoms with Crippen molar-refractivity contribution in [2.75, 3.05) is 12.4 Å². The van der Waals surface area contributed by atoms with E-state index < -0.39 is 0 Å². The van der Waals surface area contributed by atoms with Crippen LogP contribution in [0, 0.1) is 5.41 Å². The monoisotopic (exact) mass is 569 g/mol. The Labute approximate surface area is 238 Å². The van der Waals surface area contributed by atoms with Crippen molar-refractivity contribution < 1.29 is 9.59 Å². The molecule has 3 aromatic rings. The number of aromatic nitrogens is 2. The van der Waals surface area contributed by atoms with Gasteiger partial charge in [-0.2, -0.15) is 0 Å². The molecule has 8 nitrogen and oxygen atoms in total. The lowest BCUT2D eigenvalue weighted by atomic mass is 9.88. The van der Waals surface area contributed by atoms with Crippen LogP contribution >= 0.6 is 23.2 Å². The van der Waals surface area contributed by atoms with Gasteiger partial charge in [0.05, 0.1) is 28.0 Å². The molecular weight excluding hydrogens is 537 g/mol. The van der Waals surface area contributed by atoms with E-state index in [1.54, 1.807) is 59.0 Å². The van der Waals surface area contributed by atoms with Crippen LogP contribution in [-0.2, 0) is 13.0 Å². The van der Waals surface area contributed by atoms with Crippen LogP contribution in [0.4, 0.5) is 5.95 Å². The Balaban J connectivity index is 1.79. The molecule has 2 heterocycles. The summed E-state index contributed by atoms with van der Waals surface area (Å²) < 4.78 is 1.55. The van der Waals surface area contributed by atoms with Crippen LogP contribution in [0.15, 0.2) is 47.3 Å². The molecule has 0 spiro atoms. The van der Waals surface area contributed by atoms with E-state index in [4.69, 9.17) is 28.2 Å². The van der Waals surface area contributed by atoms with E-state index in [1.165, 1.54) is 0 Å². The molecule has 0 aliphatic carbocycles. The lowest BCUT2D eigenvalue weighted by molar-refractivity contribution is 0.0653. The van der Waals surface area contributed by atoms with Crippen LogP contribution in [-0.4, -0.2) is 45.4 Å². The predicted octanol–water partition coefficient (Wildman–Crippen LogP) is 5.33. The van der Waals surface area contributed by atoms with Gasteiger partial charge in [-0.1, -0.05) is 44.0 Å². The molecule has 2 amide bonds. The maximum absolute atomic E-state index is 14.0. The van der Waals surface area contributed by atoms with Crippen LogP contribution in [0.25, 0.3) is 5.69 Å². The topological polar surface area (TPSA) is 96.3 Å². The predicted molar refractivity (Wildman–Crippen MR) is 155 cm³/mol. The molecule has 2 atom stereocenters. The summed E-state index contributed by atoms with van der Waals surface area (Å²) in [5.74, 6) is -0.0388. The maximum atomic E-state index is 14.0. The average molecular weight is 571 g/mol. The first kappa shape index (κ1) is 28.6. The van der Waals surface area contributed by atoms with Crippen molar-refractivity contribution in [2.45, 2.75) is 59.7 Å². The van der Waals surface area contributed by atoms with Gasteiger partial charge < -0.3 is 15.5 Å². The van der Waals surface area contributed by atoms with Crippen molar-refractivity contribution in [1.82, 2.24) is 19.8 Å². The van der Waals surface area contributed by atoms with E-state index in [9.17, 15) is 14.4 Å². The summed E-state index contributed by atoms with van der Waals surface area (Å²) in [6.07, 6.45) is 0.347. The number of nitrogens with zero attached hydrogens (tertiary/aromatic N) is 3. The lowest BCUT2D eigenvalue weighted by Crippen LogP contribution is -2.46. The Hall–Kier alpha value is -3.36. The summed E-state index contributed by atoms with van der Waals surface area (Å²) in [7, 11) is 1.57. The van der Waals surface area contributed by atoms with Gasteiger partial charge in [0, 0.05) is 35.8 Å². The molecule has 4 rings (SSSR count). The summed E-state index contributed by atoms with van der Waals surface area (Å²) in [4.78, 5) is 46.1. The number of benzene rings is 2. The molecule has 2 aromatic carbocycles. The van der Waals surface area contributed by atoms with Crippen LogP contribution in [0.2, 0.25) is 10.0 Å². The quantitative estimate of drug-likeness (QED) is 0.432. The largest absolute Gasteiger partial charge is 0.355 e. The first-order valence-electron chi connectivity index (χ1n) is 12.8. The second-order valence-corrected chi connectivity index (χ2v) is 11.8. The van der Waals surface area contributed by atoms with Gasteiger partial charge in [0.15, 0.2) is 0 Å². The van der Waals surface area contributed by atoms with Gasteiger partial charge in [-0.3, -0.25) is 14.4 Å². The fourth-order valence-electron chi connectivity index (χ4n) is 4.38. The third-order valence-electron chi connectivity index (χ3n) is 7.30. The van der Waals surface area contributed by atoms with Gasteiger partial charge >= 0.3 is 0 Å². The zero-order chi connectivity index (χ0) is 28.6. The highest BCUT2D eigenvalue weighted by Crippen LogP contribution is 2.29. The summed E-state index contributed by atoms with van der Waals surface area (Å²) in [5.41, 5.74) is 2.29. The van der Waals surface area contributed by atoms with E-state index in [1.807, 2.05) is 13.8 Å². The molecule has 39 heavy (non-hydrogen) atoms. The van der Waals surface area contributed by atoms with Crippen molar-refractivity contribution in [3.63, 3.8) is 0 Å². The average Bonchev–Trinajstić information content (AvgIpc) is 2.89. The molecule has 1 aromatic heterocycles. The van der Waals surface area contributed by atoms with Crippen molar-refractivity contribution >= 4 is 41.0 Å². The fraction of sp³-hybridized carbons (Fsp3) is 0.379. The first-order chi connectivity index (χ1) is 18.3. The molecule has 0 saturated heterocycles. The van der Waals surface area contributed by atoms with E-state index in [-0.39, 0.29) is 41.4 Å². The van der Waals surface area contributed by atoms with Gasteiger partial charge in [-0.25, -0.2) is 9.55 Å². The van der Waals surface area contributed by atoms with Gasteiger partial charge in [0.1, 0.15) is 0 Å². The summed E-state index contributed by atoms with van der Waals surface area (Å²) in [6.45, 7) is 10.4. The van der Waals surface area contributed by atoms with Gasteiger partial charge in [-0.15, -0.1) is 0 Å². The summed E-state index contributed by atoms with van der Waals surface area (Å²) in [5, 5.41) is 6.71. The number of nitrogens with one attached hydrogen (secondary N) is 2. The molecule has 1 unspecified atom stereocenters. The van der Waals surface area contributed by atoms with Crippen LogP contribution in [0.3, 0.4) is 0 Å². The van der Waals surface area contributed by atoms with Crippen molar-refractivity contribution in [3.8, 4) is 5.69 Å². The molecule has 0 radical (unpaired) electrons. The molecule has 0 fully saturated rings. The van der Waals surface area contributed by atoms with Crippen LogP contribution in [0.1, 0.15) is 66.6 Å². The zero-order valence-electron chi connectivity index (χ0n) is 22.9. The number of hydrogen-bond donors (Lipinski definition) is 2. The summed E-state index contributed by atoms with van der Waals surface area (Å²) >= 11 is 12.2. The Morgan fingerprint density at radius 3 is 2.28 bits per heavy atom. The van der Waals surface area contributed by atoms with Crippen LogP contribution < -0.4 is 16.2 Å². The third kappa shape index (κ3) is 5.82. The van der Waals surface area contributed by atoms with Gasteiger partial charge in [-0.05, 0) is 68.1 Å². The first-order valence-corrected chi connectivity index (χ1v) is 13.6. The minimum atomic E-state index is -0.245. The number of halogens is 2. The number of anilines is 1. The second-order valence-electron chi connectivity index (χ2n) is 11.0. The van der Waals surface area contributed by atoms with Crippen molar-refractivity contribution in [2.24, 2.45) is 5.41 Å². The van der Waals surface area contributed by atoms with E-state index in [2.05, 4.69) is 31.4 Å². The minimum Gasteiger partial charge on any atom is -0.355 e. The number of carbonyl (C=O) groups excluding carboxylic acids is 2. The van der Waals surface area contributed by atoms with Crippen molar-refractivity contribution in [3.05, 3.63) is 85.2 Å². The molecule has 1 aliphatic rings. The van der Waals surface area contributed by atoms with Crippen molar-refractivity contribution in [1.29, 1.82) is 0 Å². The minimum absolute atomic E-state index is 0.0321. The lowest BCUT2D eigenvalue weighted by Gasteiger charge is -2.35. The molecule has 1 aliphatic heterocycles. The third-order valence-corrected chi connectivity index (χ3v) is 8.04. The number of fused-ring (bicyclic) bond motifs is 1. The number of carbonyl (C=O) groups is 2. The highest BCUT2D eigenvalue weighted by molar-refractivity contribution is 6.42. The highest BCUT2D eigenvalue weighted by Gasteiger charge is 2.33. The van der Waals surface area contributed by atoms with E-state index in [0.717, 1.165) is 0 Å². The molecule has 206 valence electrons. The Kier molecular flexibility index (Phi) is 8.09. The molecule has 10 heteroatoms. The van der Waals surface area contributed by atoms with Gasteiger partial charge in [0.2, 0.25) is 5.95 Å². The Morgan fingerprint density at radius 1 is 1.05 bits per heavy atom. The van der Waals surface area contributed by atoms with Crippen LogP contribution in [0.5, 0.6) is 0 Å². The number of hydrogen-bond acceptors (Lipinski definition) is 5. The Morgan fingerprint density at radius 2 is 1.69 bits per heavy atom. The molecular formula is C29H33Cl2N5O3. The SMILES string of the molecule is CNC(=O)c1ccc(-n2c(NC(C)C(C)(C)C)nc3c(c2=O)C[C@@H](C)N(C(=O)c2ccc(Cl)c(Cl)c2)C3)cc1. The maximum Gasteiger partial charge on any atom is 0.263 e. The second kappa shape index (κ2) is 11.0. The standard InChI is InChI=1S/C29H33Cl2N5O3/c1-16-13-21-24(15-35(16)26(38)19-9-12-22(30)23(31)14-19)34-28(33-17(2)29(3,4)5)36(27(21)39)20-10-7-18(8-11-20)25(37)32-6/h7-12,14,16-17H,13,15H2,1-6H3,(H,32,37)(H,33,34)/t16-,17?/m1/s1. The molecule has 2 N–H and O–H groups in total. The van der Waals surface area contributed by atoms with Gasteiger partial charge in [0.25, 0.3) is 17.4 Å². The zero-order valence-corrected chi connectivity index (χ0v) is 24.4. The molecule has 0 bridgehead atoms. The summed E-state index contributed by atoms with van der Waals surface area (Å²) in [6, 6.07) is 11.3. The highest BCUT2D eigenvalue weighted by atomic mass is 35.5. The van der Waals surface area contributed by atoms with E-state index in [0.29, 0.717) is 50.5 Å². The smallest absolute Gasteiger partial charge is 0.263 e. The van der Waals surface area contributed by atoms with E-state index >= 15 is 0 Å². The number of amides is 2. The molecule has 0 saturated carbocycles. The fourth-order valence-corrected chi connectivity index (χ4v) is 4.68. The Bertz CT molecular complexity index is 1480.